The minimum absolute atomic E-state index is 0.111. The fraction of sp³-hybridized carbons (Fsp3) is 0.500. The Labute approximate surface area is 131 Å². The Morgan fingerprint density at radius 3 is 2.52 bits per heavy atom. The monoisotopic (exact) mass is 329 g/mol. The number of rotatable bonds is 4. The second-order valence-electron chi connectivity index (χ2n) is 5.27. The van der Waals surface area contributed by atoms with E-state index < -0.39 is 17.8 Å². The second-order valence-corrected chi connectivity index (χ2v) is 5.27. The minimum Gasteiger partial charge on any atom is -0.336 e. The maximum atomic E-state index is 12.7. The highest BCUT2D eigenvalue weighted by Gasteiger charge is 2.35. The number of hydrogen-bond acceptors (Lipinski definition) is 3. The molecule has 0 aliphatic rings. The van der Waals surface area contributed by atoms with Gasteiger partial charge in [-0.1, -0.05) is 0 Å². The lowest BCUT2D eigenvalue weighted by atomic mass is 10.2. The molecule has 2 aromatic heterocycles. The minimum atomic E-state index is -4.58. The van der Waals surface area contributed by atoms with Gasteiger partial charge in [-0.25, -0.2) is 0 Å². The molecule has 0 fully saturated rings. The number of halogens is 3. The van der Waals surface area contributed by atoms with Crippen LogP contribution in [0.3, 0.4) is 0 Å². The van der Waals surface area contributed by atoms with Crippen LogP contribution in [0.25, 0.3) is 0 Å². The van der Waals surface area contributed by atoms with Crippen molar-refractivity contribution in [1.29, 1.82) is 0 Å². The summed E-state index contributed by atoms with van der Waals surface area (Å²) in [5.41, 5.74) is 0.584. The molecule has 0 saturated carbocycles. The predicted molar refractivity (Wildman–Crippen MR) is 76.6 cm³/mol. The highest BCUT2D eigenvalue weighted by Crippen LogP contribution is 2.28. The molecule has 0 saturated heterocycles. The van der Waals surface area contributed by atoms with Gasteiger partial charge >= 0.3 is 6.18 Å². The summed E-state index contributed by atoms with van der Waals surface area (Å²) in [5.74, 6) is -0.529. The average molecular weight is 329 g/mol. The van der Waals surface area contributed by atoms with Gasteiger partial charge in [-0.05, 0) is 13.8 Å². The maximum Gasteiger partial charge on any atom is 0.435 e. The zero-order valence-electron chi connectivity index (χ0n) is 13.3. The van der Waals surface area contributed by atoms with Crippen LogP contribution in [-0.2, 0) is 26.3 Å². The van der Waals surface area contributed by atoms with E-state index >= 15 is 0 Å². The number of alkyl halides is 3. The molecule has 0 radical (unpaired) electrons. The van der Waals surface area contributed by atoms with Crippen molar-refractivity contribution in [2.75, 3.05) is 7.05 Å². The normalized spacial score (nSPS) is 11.8. The summed E-state index contributed by atoms with van der Waals surface area (Å²) in [7, 11) is 2.85. The van der Waals surface area contributed by atoms with Crippen LogP contribution in [0.5, 0.6) is 0 Å². The van der Waals surface area contributed by atoms with Gasteiger partial charge in [0.05, 0.1) is 6.20 Å². The molecule has 2 rings (SSSR count). The van der Waals surface area contributed by atoms with Gasteiger partial charge in [-0.15, -0.1) is 0 Å². The SMILES string of the molecule is CCn1ncc(CN(C)C(=O)c2cc(C(F)(F)F)nn2C)c1C. The van der Waals surface area contributed by atoms with E-state index in [0.29, 0.717) is 6.54 Å². The lowest BCUT2D eigenvalue weighted by molar-refractivity contribution is -0.141. The van der Waals surface area contributed by atoms with E-state index in [2.05, 4.69) is 10.2 Å². The molecule has 0 aliphatic heterocycles. The second kappa shape index (κ2) is 6.05. The number of hydrogen-bond donors (Lipinski definition) is 0. The average Bonchev–Trinajstić information content (AvgIpc) is 3.02. The van der Waals surface area contributed by atoms with Crippen molar-refractivity contribution in [3.8, 4) is 0 Å². The molecule has 0 N–H and O–H groups in total. The zero-order chi connectivity index (χ0) is 17.4. The smallest absolute Gasteiger partial charge is 0.336 e. The molecule has 2 heterocycles. The Morgan fingerprint density at radius 2 is 2.04 bits per heavy atom. The number of aryl methyl sites for hydroxylation is 2. The number of amides is 1. The van der Waals surface area contributed by atoms with Crippen molar-refractivity contribution in [3.05, 3.63) is 34.9 Å². The van der Waals surface area contributed by atoms with Crippen LogP contribution >= 0.6 is 0 Å². The molecular weight excluding hydrogens is 311 g/mol. The van der Waals surface area contributed by atoms with Gasteiger partial charge < -0.3 is 4.90 Å². The van der Waals surface area contributed by atoms with Crippen LogP contribution in [0.2, 0.25) is 0 Å². The first-order valence-corrected chi connectivity index (χ1v) is 7.03. The Bertz CT molecular complexity index is 717. The topological polar surface area (TPSA) is 56.0 Å². The molecule has 1 amide bonds. The van der Waals surface area contributed by atoms with E-state index in [4.69, 9.17) is 0 Å². The standard InChI is InChI=1S/C14H18F3N5O/c1-5-22-9(2)10(7-18-22)8-20(3)13(23)11-6-12(14(15,16)17)19-21(11)4/h6-7H,5,8H2,1-4H3. The molecule has 126 valence electrons. The molecular formula is C14H18F3N5O. The number of nitrogens with zero attached hydrogens (tertiary/aromatic N) is 5. The highest BCUT2D eigenvalue weighted by molar-refractivity contribution is 5.92. The Balaban J connectivity index is 2.20. The van der Waals surface area contributed by atoms with Crippen molar-refractivity contribution in [2.24, 2.45) is 7.05 Å². The third kappa shape index (κ3) is 3.38. The Hall–Kier alpha value is -2.32. The summed E-state index contributed by atoms with van der Waals surface area (Å²) in [6, 6.07) is 0.765. The first-order valence-electron chi connectivity index (χ1n) is 7.03. The molecule has 0 unspecified atom stereocenters. The van der Waals surface area contributed by atoms with Crippen molar-refractivity contribution < 1.29 is 18.0 Å². The summed E-state index contributed by atoms with van der Waals surface area (Å²) in [6.45, 7) is 4.81. The third-order valence-electron chi connectivity index (χ3n) is 3.65. The van der Waals surface area contributed by atoms with Crippen LogP contribution in [-0.4, -0.2) is 37.4 Å². The molecule has 0 aliphatic carbocycles. The van der Waals surface area contributed by atoms with Gasteiger partial charge in [0.2, 0.25) is 0 Å². The quantitative estimate of drug-likeness (QED) is 0.864. The molecule has 9 heteroatoms. The van der Waals surface area contributed by atoms with Gasteiger partial charge in [0.1, 0.15) is 5.69 Å². The van der Waals surface area contributed by atoms with Gasteiger partial charge in [0, 0.05) is 44.5 Å². The fourth-order valence-corrected chi connectivity index (χ4v) is 2.29. The largest absolute Gasteiger partial charge is 0.435 e. The highest BCUT2D eigenvalue weighted by atomic mass is 19.4. The van der Waals surface area contributed by atoms with Crippen molar-refractivity contribution in [1.82, 2.24) is 24.5 Å². The molecule has 6 nitrogen and oxygen atoms in total. The van der Waals surface area contributed by atoms with Crippen LogP contribution in [0.15, 0.2) is 12.3 Å². The Kier molecular flexibility index (Phi) is 4.49. The Morgan fingerprint density at radius 1 is 1.39 bits per heavy atom. The van der Waals surface area contributed by atoms with E-state index in [1.54, 1.807) is 10.9 Å². The third-order valence-corrected chi connectivity index (χ3v) is 3.65. The van der Waals surface area contributed by atoms with Crippen molar-refractivity contribution >= 4 is 5.91 Å². The number of carbonyl (C=O) groups excluding carboxylic acids is 1. The molecule has 0 bridgehead atoms. The van der Waals surface area contributed by atoms with Crippen molar-refractivity contribution in [2.45, 2.75) is 33.1 Å². The van der Waals surface area contributed by atoms with E-state index in [0.717, 1.165) is 22.0 Å². The molecule has 0 aromatic carbocycles. The number of carbonyl (C=O) groups is 1. The summed E-state index contributed by atoms with van der Waals surface area (Å²) in [5, 5.41) is 7.54. The van der Waals surface area contributed by atoms with Crippen LogP contribution in [0.1, 0.15) is 34.4 Å². The van der Waals surface area contributed by atoms with Crippen molar-refractivity contribution in [3.63, 3.8) is 0 Å². The van der Waals surface area contributed by atoms with Gasteiger partial charge in [-0.3, -0.25) is 14.2 Å². The molecule has 0 spiro atoms. The van der Waals surface area contributed by atoms with Crippen LogP contribution in [0, 0.1) is 6.92 Å². The summed E-state index contributed by atoms with van der Waals surface area (Å²) < 4.78 is 40.8. The number of aromatic nitrogens is 4. The van der Waals surface area contributed by atoms with Gasteiger partial charge in [-0.2, -0.15) is 23.4 Å². The van der Waals surface area contributed by atoms with Gasteiger partial charge in [0.15, 0.2) is 5.69 Å². The van der Waals surface area contributed by atoms with E-state index in [-0.39, 0.29) is 12.2 Å². The van der Waals surface area contributed by atoms with Crippen LogP contribution in [0.4, 0.5) is 13.2 Å². The molecule has 2 aromatic rings. The zero-order valence-corrected chi connectivity index (χ0v) is 13.3. The van der Waals surface area contributed by atoms with E-state index in [1.807, 2.05) is 13.8 Å². The summed E-state index contributed by atoms with van der Waals surface area (Å²) >= 11 is 0. The summed E-state index contributed by atoms with van der Waals surface area (Å²) in [4.78, 5) is 13.7. The lowest BCUT2D eigenvalue weighted by Crippen LogP contribution is -2.28. The summed E-state index contributed by atoms with van der Waals surface area (Å²) in [6.07, 6.45) is -2.92. The maximum absolute atomic E-state index is 12.7. The molecule has 0 atom stereocenters. The first-order chi connectivity index (χ1) is 10.6. The van der Waals surface area contributed by atoms with Crippen LogP contribution < -0.4 is 0 Å². The van der Waals surface area contributed by atoms with Gasteiger partial charge in [0.25, 0.3) is 5.91 Å². The fourth-order valence-electron chi connectivity index (χ4n) is 2.29. The van der Waals surface area contributed by atoms with E-state index in [9.17, 15) is 18.0 Å². The van der Waals surface area contributed by atoms with E-state index in [1.165, 1.54) is 19.0 Å². The predicted octanol–water partition coefficient (Wildman–Crippen LogP) is 2.24. The lowest BCUT2D eigenvalue weighted by Gasteiger charge is -2.17. The molecule has 23 heavy (non-hydrogen) atoms. The first kappa shape index (κ1) is 17.0.